The first-order valence-electron chi connectivity index (χ1n) is 20.5. The Morgan fingerprint density at radius 2 is 1.03 bits per heavy atom. The number of aromatic nitrogens is 3. The van der Waals surface area contributed by atoms with Crippen LogP contribution in [0.25, 0.3) is 72.5 Å². The number of nitrogens with zero attached hydrogens (tertiary/aromatic N) is 3. The van der Waals surface area contributed by atoms with Gasteiger partial charge in [0.25, 0.3) is 0 Å². The van der Waals surface area contributed by atoms with Crippen molar-refractivity contribution < 1.29 is 0 Å². The summed E-state index contributed by atoms with van der Waals surface area (Å²) in [5.41, 5.74) is 14.3. The molecule has 0 saturated heterocycles. The number of rotatable bonds is 5. The van der Waals surface area contributed by atoms with Crippen LogP contribution in [0.15, 0.2) is 200 Å². The summed E-state index contributed by atoms with van der Waals surface area (Å²) in [6, 6.07) is 73.7. The maximum absolute atomic E-state index is 5.61. The summed E-state index contributed by atoms with van der Waals surface area (Å²) >= 11 is -3.69. The third-order valence-corrected chi connectivity index (χ3v) is 23.3. The Kier molecular flexibility index (Phi) is 7.45. The molecule has 0 spiro atoms. The van der Waals surface area contributed by atoms with Gasteiger partial charge in [0, 0.05) is 0 Å². The van der Waals surface area contributed by atoms with E-state index < -0.39 is 13.3 Å². The zero-order valence-corrected chi connectivity index (χ0v) is 35.0. The van der Waals surface area contributed by atoms with Crippen molar-refractivity contribution in [1.29, 1.82) is 0 Å². The summed E-state index contributed by atoms with van der Waals surface area (Å²) in [5, 5.41) is 2.54. The van der Waals surface area contributed by atoms with E-state index in [0.29, 0.717) is 0 Å². The van der Waals surface area contributed by atoms with Crippen molar-refractivity contribution in [1.82, 2.24) is 14.5 Å². The Morgan fingerprint density at radius 1 is 0.441 bits per heavy atom. The number of benzene rings is 8. The molecule has 12 rings (SSSR count). The van der Waals surface area contributed by atoms with Crippen LogP contribution in [0.4, 0.5) is 0 Å². The van der Waals surface area contributed by atoms with Gasteiger partial charge in [-0.15, -0.1) is 0 Å². The summed E-state index contributed by atoms with van der Waals surface area (Å²) in [4.78, 5) is 11.1. The van der Waals surface area contributed by atoms with Crippen LogP contribution < -0.4 is 17.6 Å². The SMILES string of the molecule is CC1(C)c2ccccc2-c2cc3c4ccccc4n(-c4ccc(-c5nc(-c6ccccc6)nc6[c]5[Ge]([c]5ccccc5)([c]5ccccc5)[c]5ccccc5-6)cc4)c3cc21. The van der Waals surface area contributed by atoms with E-state index >= 15 is 0 Å². The van der Waals surface area contributed by atoms with E-state index in [1.165, 1.54) is 67.2 Å². The van der Waals surface area contributed by atoms with Crippen LogP contribution in [0, 0.1) is 0 Å². The van der Waals surface area contributed by atoms with E-state index in [4.69, 9.17) is 9.97 Å². The second kappa shape index (κ2) is 12.8. The third-order valence-electron chi connectivity index (χ3n) is 13.1. The van der Waals surface area contributed by atoms with Crippen LogP contribution in [0.2, 0.25) is 0 Å². The first-order chi connectivity index (χ1) is 29.0. The molecule has 59 heavy (non-hydrogen) atoms. The Labute approximate surface area is 346 Å². The Hall–Kier alpha value is -6.82. The summed E-state index contributed by atoms with van der Waals surface area (Å²) in [7, 11) is 0. The van der Waals surface area contributed by atoms with Gasteiger partial charge >= 0.3 is 324 Å². The maximum atomic E-state index is 5.61. The van der Waals surface area contributed by atoms with Crippen molar-refractivity contribution >= 4 is 52.7 Å². The van der Waals surface area contributed by atoms with Crippen LogP contribution in [0.1, 0.15) is 25.0 Å². The molecule has 0 saturated carbocycles. The zero-order chi connectivity index (χ0) is 39.3. The molecule has 8 aromatic carbocycles. The predicted octanol–water partition coefficient (Wildman–Crippen LogP) is 10.6. The molecular formula is C55H39GeN3. The molecule has 2 aliphatic rings. The minimum atomic E-state index is -3.69. The molecule has 0 bridgehead atoms. The molecule has 2 aromatic heterocycles. The fraction of sp³-hybridized carbons (Fsp3) is 0.0545. The van der Waals surface area contributed by atoms with Gasteiger partial charge < -0.3 is 0 Å². The normalized spacial score (nSPS) is 14.2. The van der Waals surface area contributed by atoms with E-state index in [0.717, 1.165) is 34.0 Å². The molecule has 1 aliphatic heterocycles. The minimum absolute atomic E-state index is 0.0953. The summed E-state index contributed by atoms with van der Waals surface area (Å²) < 4.78 is 7.91. The van der Waals surface area contributed by atoms with Crippen LogP contribution in [-0.2, 0) is 5.41 Å². The van der Waals surface area contributed by atoms with Gasteiger partial charge in [0.15, 0.2) is 0 Å². The van der Waals surface area contributed by atoms with Crippen LogP contribution in [0.5, 0.6) is 0 Å². The molecule has 0 atom stereocenters. The first kappa shape index (κ1) is 34.2. The summed E-state index contributed by atoms with van der Waals surface area (Å²) in [5.74, 6) is 0.748. The molecular weight excluding hydrogens is 775 g/mol. The van der Waals surface area contributed by atoms with E-state index in [1.54, 1.807) is 0 Å². The van der Waals surface area contributed by atoms with E-state index in [-0.39, 0.29) is 5.41 Å². The molecule has 3 nitrogen and oxygen atoms in total. The molecule has 0 N–H and O–H groups in total. The molecule has 0 unspecified atom stereocenters. The van der Waals surface area contributed by atoms with Crippen molar-refractivity contribution in [2.24, 2.45) is 0 Å². The number of fused-ring (bicyclic) bond motifs is 9. The monoisotopic (exact) mass is 815 g/mol. The Bertz CT molecular complexity index is 3240. The third kappa shape index (κ3) is 4.83. The topological polar surface area (TPSA) is 30.7 Å². The molecule has 278 valence electrons. The average molecular weight is 815 g/mol. The molecule has 0 radical (unpaired) electrons. The van der Waals surface area contributed by atoms with Crippen molar-refractivity contribution in [3.63, 3.8) is 0 Å². The molecule has 1 aliphatic carbocycles. The van der Waals surface area contributed by atoms with Crippen molar-refractivity contribution in [3.05, 3.63) is 211 Å². The fourth-order valence-electron chi connectivity index (χ4n) is 10.4. The van der Waals surface area contributed by atoms with Crippen LogP contribution >= 0.6 is 0 Å². The second-order valence-electron chi connectivity index (χ2n) is 16.5. The van der Waals surface area contributed by atoms with E-state index in [2.05, 4.69) is 219 Å². The van der Waals surface area contributed by atoms with Crippen molar-refractivity contribution in [2.75, 3.05) is 0 Å². The fourth-order valence-corrected chi connectivity index (χ4v) is 21.4. The van der Waals surface area contributed by atoms with Gasteiger partial charge in [-0.1, -0.05) is 24.3 Å². The van der Waals surface area contributed by atoms with Gasteiger partial charge in [0.2, 0.25) is 0 Å². The molecule has 0 amide bonds. The van der Waals surface area contributed by atoms with Gasteiger partial charge in [0.05, 0.1) is 0 Å². The van der Waals surface area contributed by atoms with Gasteiger partial charge in [-0.3, -0.25) is 0 Å². The van der Waals surface area contributed by atoms with Crippen molar-refractivity contribution in [3.8, 4) is 50.7 Å². The van der Waals surface area contributed by atoms with Gasteiger partial charge in [-0.2, -0.15) is 0 Å². The average Bonchev–Trinajstić information content (AvgIpc) is 3.87. The van der Waals surface area contributed by atoms with Crippen molar-refractivity contribution in [2.45, 2.75) is 19.3 Å². The predicted molar refractivity (Wildman–Crippen MR) is 247 cm³/mol. The number of hydrogen-bond donors (Lipinski definition) is 0. The molecule has 4 heteroatoms. The van der Waals surface area contributed by atoms with Crippen LogP contribution in [0.3, 0.4) is 0 Å². The quantitative estimate of drug-likeness (QED) is 0.162. The second-order valence-corrected chi connectivity index (χ2v) is 24.2. The molecule has 10 aromatic rings. The Morgan fingerprint density at radius 3 is 1.76 bits per heavy atom. The standard InChI is InChI=1S/C55H39GeN3/c1-55(2)46-27-15-12-24-41(46)44-34-45-42-25-14-17-29-49(42)59(50(45)35-47(44)55)40-32-30-36(31-33-40)52-51-53(58-54(57-52)37-18-6-3-7-19-37)43-26-13-16-28-48(43)56(51,38-20-8-4-9-21-38)39-22-10-5-11-23-39/h3-35H,1-2H3. The number of hydrogen-bond acceptors (Lipinski definition) is 2. The molecule has 0 fully saturated rings. The summed E-state index contributed by atoms with van der Waals surface area (Å²) in [6.45, 7) is 4.73. The summed E-state index contributed by atoms with van der Waals surface area (Å²) in [6.07, 6.45) is 0. The Balaban J connectivity index is 1.11. The molecule has 3 heterocycles. The van der Waals surface area contributed by atoms with Gasteiger partial charge in [-0.05, 0) is 0 Å². The zero-order valence-electron chi connectivity index (χ0n) is 32.9. The van der Waals surface area contributed by atoms with Gasteiger partial charge in [0.1, 0.15) is 0 Å². The van der Waals surface area contributed by atoms with Gasteiger partial charge in [-0.25, -0.2) is 0 Å². The van der Waals surface area contributed by atoms with E-state index in [9.17, 15) is 0 Å². The van der Waals surface area contributed by atoms with Crippen LogP contribution in [-0.4, -0.2) is 27.8 Å². The first-order valence-corrected chi connectivity index (χ1v) is 24.7. The van der Waals surface area contributed by atoms with E-state index in [1.807, 2.05) is 0 Å². The number of para-hydroxylation sites is 1.